The smallest absolute Gasteiger partial charge is 0.251 e. The average Bonchev–Trinajstić information content (AvgIpc) is 3.15. The second-order valence-electron chi connectivity index (χ2n) is 6.85. The normalized spacial score (nSPS) is 11.7. The van der Waals surface area contributed by atoms with Crippen molar-refractivity contribution in [2.45, 2.75) is 20.8 Å². The minimum atomic E-state index is -0.466. The van der Waals surface area contributed by atoms with E-state index in [-0.39, 0.29) is 25.8 Å². The minimum absolute atomic E-state index is 0.118. The van der Waals surface area contributed by atoms with Gasteiger partial charge in [-0.3, -0.25) is 14.4 Å². The molecule has 2 aromatic carbocycles. The molecule has 0 aliphatic carbocycles. The molecule has 0 spiro atoms. The monoisotopic (exact) mass is 397 g/mol. The fourth-order valence-corrected chi connectivity index (χ4v) is 3.10. The van der Waals surface area contributed by atoms with Crippen molar-refractivity contribution in [3.05, 3.63) is 52.6 Å². The third-order valence-electron chi connectivity index (χ3n) is 4.43. The lowest BCUT2D eigenvalue weighted by molar-refractivity contribution is -0.123. The lowest BCUT2D eigenvalue weighted by Gasteiger charge is -2.13. The van der Waals surface area contributed by atoms with Crippen molar-refractivity contribution >= 4 is 23.4 Å². The Morgan fingerprint density at radius 3 is 2.24 bits per heavy atom. The van der Waals surface area contributed by atoms with Gasteiger partial charge in [-0.1, -0.05) is 17.7 Å². The zero-order valence-electron chi connectivity index (χ0n) is 16.5. The lowest BCUT2D eigenvalue weighted by Crippen LogP contribution is -2.40. The molecule has 0 atom stereocenters. The van der Waals surface area contributed by atoms with Crippen LogP contribution in [0.4, 0.5) is 5.69 Å². The second kappa shape index (κ2) is 8.64. The van der Waals surface area contributed by atoms with Crippen LogP contribution in [-0.4, -0.2) is 37.6 Å². The number of ether oxygens (including phenoxy) is 2. The molecule has 0 unspecified atom stereocenters. The van der Waals surface area contributed by atoms with Gasteiger partial charge >= 0.3 is 0 Å². The van der Waals surface area contributed by atoms with Crippen LogP contribution in [0.1, 0.15) is 27.0 Å². The molecule has 0 fully saturated rings. The Labute approximate surface area is 168 Å². The molecule has 3 rings (SSSR count). The third-order valence-corrected chi connectivity index (χ3v) is 4.43. The number of carbonyl (C=O) groups is 3. The number of nitrogens with one attached hydrogen (secondary N) is 3. The zero-order valence-corrected chi connectivity index (χ0v) is 16.5. The van der Waals surface area contributed by atoms with Gasteiger partial charge in [-0.2, -0.15) is 0 Å². The summed E-state index contributed by atoms with van der Waals surface area (Å²) in [5, 5.41) is 7.81. The van der Waals surface area contributed by atoms with Crippen molar-refractivity contribution in [3.63, 3.8) is 0 Å². The van der Waals surface area contributed by atoms with Crippen molar-refractivity contribution in [3.8, 4) is 11.5 Å². The van der Waals surface area contributed by atoms with E-state index in [4.69, 9.17) is 9.47 Å². The number of carbonyl (C=O) groups excluding carboxylic acids is 3. The highest BCUT2D eigenvalue weighted by molar-refractivity contribution is 5.98. The van der Waals surface area contributed by atoms with Crippen molar-refractivity contribution in [2.75, 3.05) is 25.2 Å². The topological polar surface area (TPSA) is 106 Å². The Morgan fingerprint density at radius 1 is 0.862 bits per heavy atom. The van der Waals surface area contributed by atoms with Crippen LogP contribution >= 0.6 is 0 Å². The van der Waals surface area contributed by atoms with Crippen molar-refractivity contribution < 1.29 is 23.9 Å². The fourth-order valence-electron chi connectivity index (χ4n) is 3.10. The first-order chi connectivity index (χ1) is 13.8. The van der Waals surface area contributed by atoms with E-state index in [9.17, 15) is 14.4 Å². The van der Waals surface area contributed by atoms with E-state index in [1.54, 1.807) is 18.2 Å². The largest absolute Gasteiger partial charge is 0.454 e. The molecule has 1 aliphatic heterocycles. The maximum absolute atomic E-state index is 12.2. The molecule has 152 valence electrons. The van der Waals surface area contributed by atoms with Gasteiger partial charge in [0.2, 0.25) is 18.6 Å². The highest BCUT2D eigenvalue weighted by Gasteiger charge is 2.17. The summed E-state index contributed by atoms with van der Waals surface area (Å²) in [6.45, 7) is 5.50. The number of hydrogen-bond donors (Lipinski definition) is 3. The van der Waals surface area contributed by atoms with Crippen LogP contribution in [0.2, 0.25) is 0 Å². The summed E-state index contributed by atoms with van der Waals surface area (Å²) in [6.07, 6.45) is 0. The Hall–Kier alpha value is -3.55. The molecule has 29 heavy (non-hydrogen) atoms. The van der Waals surface area contributed by atoms with Crippen LogP contribution < -0.4 is 25.4 Å². The first-order valence-electron chi connectivity index (χ1n) is 9.15. The average molecular weight is 397 g/mol. The molecule has 3 amide bonds. The molecule has 0 aromatic heterocycles. The molecule has 0 radical (unpaired) electrons. The SMILES string of the molecule is Cc1cc(C)c(NC(=O)CNC(=O)CNC(=O)c2ccc3c(c2)OCO3)c(C)c1. The summed E-state index contributed by atoms with van der Waals surface area (Å²) in [4.78, 5) is 36.3. The van der Waals surface area contributed by atoms with E-state index >= 15 is 0 Å². The number of anilines is 1. The van der Waals surface area contributed by atoms with Gasteiger partial charge in [0.05, 0.1) is 13.1 Å². The van der Waals surface area contributed by atoms with E-state index < -0.39 is 11.8 Å². The minimum Gasteiger partial charge on any atom is -0.454 e. The summed E-state index contributed by atoms with van der Waals surface area (Å²) in [6, 6.07) is 8.73. The summed E-state index contributed by atoms with van der Waals surface area (Å²) in [5.41, 5.74) is 4.12. The zero-order chi connectivity index (χ0) is 21.0. The van der Waals surface area contributed by atoms with E-state index in [1.165, 1.54) is 0 Å². The van der Waals surface area contributed by atoms with Gasteiger partial charge < -0.3 is 25.4 Å². The summed E-state index contributed by atoms with van der Waals surface area (Å²) in [5.74, 6) is -0.166. The van der Waals surface area contributed by atoms with Crippen LogP contribution in [0.25, 0.3) is 0 Å². The van der Waals surface area contributed by atoms with Gasteiger partial charge in [0, 0.05) is 11.3 Å². The molecule has 3 N–H and O–H groups in total. The van der Waals surface area contributed by atoms with Crippen LogP contribution in [0.15, 0.2) is 30.3 Å². The Balaban J connectivity index is 1.45. The van der Waals surface area contributed by atoms with Gasteiger partial charge in [-0.15, -0.1) is 0 Å². The predicted octanol–water partition coefficient (Wildman–Crippen LogP) is 1.83. The van der Waals surface area contributed by atoms with Gasteiger partial charge in [-0.25, -0.2) is 0 Å². The van der Waals surface area contributed by atoms with Crippen LogP contribution in [0.5, 0.6) is 11.5 Å². The second-order valence-corrected chi connectivity index (χ2v) is 6.85. The van der Waals surface area contributed by atoms with E-state index in [0.717, 1.165) is 22.4 Å². The van der Waals surface area contributed by atoms with Gasteiger partial charge in [0.1, 0.15) is 0 Å². The molecule has 0 saturated heterocycles. The quantitative estimate of drug-likeness (QED) is 0.690. The fraction of sp³-hybridized carbons (Fsp3) is 0.286. The van der Waals surface area contributed by atoms with Crippen molar-refractivity contribution in [1.29, 1.82) is 0 Å². The van der Waals surface area contributed by atoms with Gasteiger partial charge in [-0.05, 0) is 50.1 Å². The van der Waals surface area contributed by atoms with E-state index in [1.807, 2.05) is 32.9 Å². The van der Waals surface area contributed by atoms with Crippen LogP contribution in [0, 0.1) is 20.8 Å². The van der Waals surface area contributed by atoms with E-state index in [2.05, 4.69) is 16.0 Å². The first kappa shape index (κ1) is 20.2. The highest BCUT2D eigenvalue weighted by atomic mass is 16.7. The number of fused-ring (bicyclic) bond motifs is 1. The Bertz CT molecular complexity index is 948. The highest BCUT2D eigenvalue weighted by Crippen LogP contribution is 2.32. The molecule has 0 saturated carbocycles. The van der Waals surface area contributed by atoms with Crippen molar-refractivity contribution in [1.82, 2.24) is 10.6 Å². The van der Waals surface area contributed by atoms with Crippen LogP contribution in [0.3, 0.4) is 0 Å². The molecule has 2 aromatic rings. The standard InChI is InChI=1S/C21H23N3O5/c1-12-6-13(2)20(14(3)7-12)24-19(26)10-22-18(25)9-23-21(27)15-4-5-16-17(8-15)29-11-28-16/h4-8H,9-11H2,1-3H3,(H,22,25)(H,23,27)(H,24,26). The number of aryl methyl sites for hydroxylation is 3. The number of amides is 3. The first-order valence-corrected chi connectivity index (χ1v) is 9.15. The molecular formula is C21H23N3O5. The summed E-state index contributed by atoms with van der Waals surface area (Å²) < 4.78 is 10.4. The molecule has 0 bridgehead atoms. The maximum Gasteiger partial charge on any atom is 0.251 e. The molecule has 1 aliphatic rings. The molecule has 8 nitrogen and oxygen atoms in total. The summed E-state index contributed by atoms with van der Waals surface area (Å²) >= 11 is 0. The maximum atomic E-state index is 12.2. The molecule has 1 heterocycles. The molecule has 8 heteroatoms. The number of rotatable bonds is 6. The lowest BCUT2D eigenvalue weighted by atomic mass is 10.1. The Kier molecular flexibility index (Phi) is 6.01. The molecular weight excluding hydrogens is 374 g/mol. The van der Waals surface area contributed by atoms with Crippen molar-refractivity contribution in [2.24, 2.45) is 0 Å². The van der Waals surface area contributed by atoms with E-state index in [0.29, 0.717) is 17.1 Å². The van der Waals surface area contributed by atoms with Crippen LogP contribution in [-0.2, 0) is 9.59 Å². The number of hydrogen-bond acceptors (Lipinski definition) is 5. The van der Waals surface area contributed by atoms with Gasteiger partial charge in [0.15, 0.2) is 11.5 Å². The third kappa shape index (κ3) is 5.04. The Morgan fingerprint density at radius 2 is 1.52 bits per heavy atom. The predicted molar refractivity (Wildman–Crippen MR) is 107 cm³/mol. The summed E-state index contributed by atoms with van der Waals surface area (Å²) in [7, 11) is 0. The number of benzene rings is 2. The van der Waals surface area contributed by atoms with Gasteiger partial charge in [0.25, 0.3) is 5.91 Å².